The van der Waals surface area contributed by atoms with Gasteiger partial charge in [-0.3, -0.25) is 4.79 Å². The van der Waals surface area contributed by atoms with E-state index in [2.05, 4.69) is 21.2 Å². The molecular formula is C22H26FN3O3. The average Bonchev–Trinajstić information content (AvgIpc) is 2.75. The van der Waals surface area contributed by atoms with Crippen LogP contribution < -0.4 is 15.1 Å². The lowest BCUT2D eigenvalue weighted by Gasteiger charge is -2.33. The quantitative estimate of drug-likeness (QED) is 0.838. The third-order valence-corrected chi connectivity index (χ3v) is 5.24. The fourth-order valence-corrected chi connectivity index (χ4v) is 3.74. The van der Waals surface area contributed by atoms with E-state index in [9.17, 15) is 9.18 Å². The minimum Gasteiger partial charge on any atom is -0.378 e. The SMILES string of the molecule is O=C(Cc1cccc(F)c1)Nc1ccc(N2CCOCC2)cc1N1CCOCC1. The second-order valence-corrected chi connectivity index (χ2v) is 7.26. The van der Waals surface area contributed by atoms with E-state index in [4.69, 9.17) is 9.47 Å². The van der Waals surface area contributed by atoms with Gasteiger partial charge in [-0.2, -0.15) is 0 Å². The fraction of sp³-hybridized carbons (Fsp3) is 0.409. The Kier molecular flexibility index (Phi) is 6.27. The van der Waals surface area contributed by atoms with Crippen LogP contribution in [0.15, 0.2) is 42.5 Å². The first-order valence-electron chi connectivity index (χ1n) is 10.0. The van der Waals surface area contributed by atoms with Crippen LogP contribution in [-0.4, -0.2) is 58.5 Å². The van der Waals surface area contributed by atoms with Gasteiger partial charge in [-0.15, -0.1) is 0 Å². The van der Waals surface area contributed by atoms with Crippen molar-refractivity contribution in [2.75, 3.05) is 67.7 Å². The van der Waals surface area contributed by atoms with E-state index >= 15 is 0 Å². The molecule has 0 aliphatic carbocycles. The van der Waals surface area contributed by atoms with Gasteiger partial charge in [0.25, 0.3) is 0 Å². The number of carbonyl (C=O) groups excluding carboxylic acids is 1. The molecule has 2 fully saturated rings. The van der Waals surface area contributed by atoms with Crippen molar-refractivity contribution in [3.8, 4) is 0 Å². The monoisotopic (exact) mass is 399 g/mol. The van der Waals surface area contributed by atoms with E-state index in [0.717, 1.165) is 56.5 Å². The number of amides is 1. The summed E-state index contributed by atoms with van der Waals surface area (Å²) < 4.78 is 24.4. The summed E-state index contributed by atoms with van der Waals surface area (Å²) in [6, 6.07) is 12.3. The third-order valence-electron chi connectivity index (χ3n) is 5.24. The van der Waals surface area contributed by atoms with E-state index < -0.39 is 0 Å². The lowest BCUT2D eigenvalue weighted by molar-refractivity contribution is -0.115. The highest BCUT2D eigenvalue weighted by Gasteiger charge is 2.19. The van der Waals surface area contributed by atoms with Gasteiger partial charge in [0.1, 0.15) is 5.82 Å². The molecule has 7 heteroatoms. The van der Waals surface area contributed by atoms with Gasteiger partial charge in [-0.1, -0.05) is 12.1 Å². The molecule has 0 atom stereocenters. The van der Waals surface area contributed by atoms with Crippen molar-refractivity contribution >= 4 is 23.0 Å². The van der Waals surface area contributed by atoms with Crippen LogP contribution in [0.5, 0.6) is 0 Å². The maximum Gasteiger partial charge on any atom is 0.228 e. The van der Waals surface area contributed by atoms with Gasteiger partial charge in [-0.25, -0.2) is 4.39 Å². The van der Waals surface area contributed by atoms with Crippen molar-refractivity contribution in [2.45, 2.75) is 6.42 Å². The number of nitrogens with one attached hydrogen (secondary N) is 1. The molecule has 6 nitrogen and oxygen atoms in total. The van der Waals surface area contributed by atoms with E-state index in [0.29, 0.717) is 18.8 Å². The van der Waals surface area contributed by atoms with E-state index in [1.54, 1.807) is 12.1 Å². The summed E-state index contributed by atoms with van der Waals surface area (Å²) in [6.45, 7) is 6.04. The Hall–Kier alpha value is -2.64. The summed E-state index contributed by atoms with van der Waals surface area (Å²) >= 11 is 0. The molecule has 0 aromatic heterocycles. The molecule has 2 aliphatic heterocycles. The molecule has 4 rings (SSSR count). The van der Waals surface area contributed by atoms with Crippen LogP contribution in [0.2, 0.25) is 0 Å². The van der Waals surface area contributed by atoms with Gasteiger partial charge >= 0.3 is 0 Å². The molecule has 2 aliphatic rings. The lowest BCUT2D eigenvalue weighted by Crippen LogP contribution is -2.38. The molecular weight excluding hydrogens is 373 g/mol. The minimum absolute atomic E-state index is 0.130. The number of anilines is 3. The summed E-state index contributed by atoms with van der Waals surface area (Å²) in [5, 5.41) is 3.02. The smallest absolute Gasteiger partial charge is 0.228 e. The minimum atomic E-state index is -0.334. The Morgan fingerprint density at radius 3 is 2.31 bits per heavy atom. The number of hydrogen-bond acceptors (Lipinski definition) is 5. The second-order valence-electron chi connectivity index (χ2n) is 7.26. The van der Waals surface area contributed by atoms with Crippen LogP contribution in [0.4, 0.5) is 21.5 Å². The summed E-state index contributed by atoms with van der Waals surface area (Å²) in [5.41, 5.74) is 3.54. The van der Waals surface area contributed by atoms with Crippen molar-refractivity contribution in [1.29, 1.82) is 0 Å². The number of carbonyl (C=O) groups is 1. The topological polar surface area (TPSA) is 54.0 Å². The zero-order chi connectivity index (χ0) is 20.1. The van der Waals surface area contributed by atoms with Crippen molar-refractivity contribution in [1.82, 2.24) is 0 Å². The molecule has 0 radical (unpaired) electrons. The molecule has 1 N–H and O–H groups in total. The molecule has 2 heterocycles. The Labute approximate surface area is 170 Å². The van der Waals surface area contributed by atoms with Crippen molar-refractivity contribution in [3.05, 3.63) is 53.8 Å². The van der Waals surface area contributed by atoms with Crippen molar-refractivity contribution in [3.63, 3.8) is 0 Å². The number of nitrogens with zero attached hydrogens (tertiary/aromatic N) is 2. The molecule has 0 saturated carbocycles. The third kappa shape index (κ3) is 5.05. The van der Waals surface area contributed by atoms with Crippen LogP contribution in [0.1, 0.15) is 5.56 Å². The van der Waals surface area contributed by atoms with Gasteiger partial charge in [-0.05, 0) is 35.9 Å². The van der Waals surface area contributed by atoms with Gasteiger partial charge in [0.05, 0.1) is 44.2 Å². The highest BCUT2D eigenvalue weighted by Crippen LogP contribution is 2.32. The summed E-state index contributed by atoms with van der Waals surface area (Å²) in [6.07, 6.45) is 0.130. The van der Waals surface area contributed by atoms with Crippen LogP contribution in [0.25, 0.3) is 0 Å². The average molecular weight is 399 g/mol. The van der Waals surface area contributed by atoms with E-state index in [1.165, 1.54) is 12.1 Å². The number of rotatable bonds is 5. The first-order chi connectivity index (χ1) is 14.2. The molecule has 2 aromatic rings. The molecule has 0 bridgehead atoms. The van der Waals surface area contributed by atoms with Gasteiger partial charge in [0, 0.05) is 31.9 Å². The lowest BCUT2D eigenvalue weighted by atomic mass is 10.1. The molecule has 154 valence electrons. The van der Waals surface area contributed by atoms with E-state index in [1.807, 2.05) is 12.1 Å². The predicted octanol–water partition coefficient (Wildman–Crippen LogP) is 2.68. The van der Waals surface area contributed by atoms with E-state index in [-0.39, 0.29) is 18.1 Å². The first kappa shape index (κ1) is 19.7. The molecule has 2 aromatic carbocycles. The van der Waals surface area contributed by atoms with Crippen LogP contribution >= 0.6 is 0 Å². The number of hydrogen-bond donors (Lipinski definition) is 1. The maximum absolute atomic E-state index is 13.4. The molecule has 2 saturated heterocycles. The van der Waals surface area contributed by atoms with Gasteiger partial charge in [0.2, 0.25) is 5.91 Å². The molecule has 1 amide bonds. The summed E-state index contributed by atoms with van der Waals surface area (Å²) in [7, 11) is 0. The highest BCUT2D eigenvalue weighted by molar-refractivity contribution is 5.96. The Balaban J connectivity index is 1.54. The van der Waals surface area contributed by atoms with Crippen molar-refractivity contribution < 1.29 is 18.7 Å². The van der Waals surface area contributed by atoms with Crippen LogP contribution in [-0.2, 0) is 20.7 Å². The first-order valence-corrected chi connectivity index (χ1v) is 10.0. The summed E-state index contributed by atoms with van der Waals surface area (Å²) in [5.74, 6) is -0.497. The maximum atomic E-state index is 13.4. The highest BCUT2D eigenvalue weighted by atomic mass is 19.1. The largest absolute Gasteiger partial charge is 0.378 e. The number of ether oxygens (including phenoxy) is 2. The fourth-order valence-electron chi connectivity index (χ4n) is 3.74. The van der Waals surface area contributed by atoms with Gasteiger partial charge < -0.3 is 24.6 Å². The molecule has 0 spiro atoms. The normalized spacial score (nSPS) is 17.3. The van der Waals surface area contributed by atoms with Crippen LogP contribution in [0, 0.1) is 5.82 Å². The standard InChI is InChI=1S/C22H26FN3O3/c23-18-3-1-2-17(14-18)15-22(27)24-20-5-4-19(25-6-10-28-11-7-25)16-21(20)26-8-12-29-13-9-26/h1-5,14,16H,6-13,15H2,(H,24,27). The number of benzene rings is 2. The summed E-state index contributed by atoms with van der Waals surface area (Å²) in [4.78, 5) is 17.1. The Morgan fingerprint density at radius 2 is 1.62 bits per heavy atom. The zero-order valence-electron chi connectivity index (χ0n) is 16.4. The Morgan fingerprint density at radius 1 is 0.931 bits per heavy atom. The Bertz CT molecular complexity index is 849. The van der Waals surface area contributed by atoms with Crippen molar-refractivity contribution in [2.24, 2.45) is 0 Å². The molecule has 29 heavy (non-hydrogen) atoms. The molecule has 0 unspecified atom stereocenters. The predicted molar refractivity (Wildman–Crippen MR) is 111 cm³/mol. The number of morpholine rings is 2. The van der Waals surface area contributed by atoms with Gasteiger partial charge in [0.15, 0.2) is 0 Å². The zero-order valence-corrected chi connectivity index (χ0v) is 16.4. The number of halogens is 1. The second kappa shape index (κ2) is 9.24. The van der Waals surface area contributed by atoms with Crippen LogP contribution in [0.3, 0.4) is 0 Å².